The van der Waals surface area contributed by atoms with Crippen LogP contribution in [0.4, 0.5) is 0 Å². The highest BCUT2D eigenvalue weighted by atomic mass is 16.6. The molecule has 11 heavy (non-hydrogen) atoms. The van der Waals surface area contributed by atoms with E-state index in [9.17, 15) is 5.21 Å². The summed E-state index contributed by atoms with van der Waals surface area (Å²) in [7, 11) is 1.73. The van der Waals surface area contributed by atoms with Crippen LogP contribution in [0.25, 0.3) is 0 Å². The second kappa shape index (κ2) is 2.73. The molecular weight excluding hydrogens is 142 g/mol. The molecule has 0 aromatic heterocycles. The zero-order valence-electron chi connectivity index (χ0n) is 7.70. The lowest BCUT2D eigenvalue weighted by Gasteiger charge is -2.53. The summed E-state index contributed by atoms with van der Waals surface area (Å²) in [6, 6.07) is 0.125. The molecule has 66 valence electrons. The van der Waals surface area contributed by atoms with Gasteiger partial charge < -0.3 is 14.6 Å². The number of rotatable bonds is 0. The van der Waals surface area contributed by atoms with Crippen LogP contribution in [0.5, 0.6) is 0 Å². The number of nitrogens with zero attached hydrogens (tertiary/aromatic N) is 1. The number of likely N-dealkylation sites (N-methyl/N-ethyl adjacent to an activating group) is 1. The van der Waals surface area contributed by atoms with E-state index in [1.807, 2.05) is 20.8 Å². The van der Waals surface area contributed by atoms with E-state index in [1.54, 1.807) is 7.05 Å². The van der Waals surface area contributed by atoms with E-state index in [2.05, 4.69) is 0 Å². The third kappa shape index (κ3) is 1.41. The number of ether oxygens (including phenoxy) is 1. The molecule has 0 aliphatic carbocycles. The first kappa shape index (κ1) is 8.97. The molecule has 0 spiro atoms. The van der Waals surface area contributed by atoms with E-state index < -0.39 is 0 Å². The lowest BCUT2D eigenvalue weighted by molar-refractivity contribution is -0.920. The molecule has 0 aromatic carbocycles. The molecule has 3 nitrogen and oxygen atoms in total. The average Bonchev–Trinajstić information content (AvgIpc) is 1.95. The van der Waals surface area contributed by atoms with Crippen LogP contribution in [0, 0.1) is 5.21 Å². The van der Waals surface area contributed by atoms with Crippen LogP contribution in [0.3, 0.4) is 0 Å². The Bertz CT molecular complexity index is 147. The number of hydrogen-bond acceptors (Lipinski definition) is 2. The minimum absolute atomic E-state index is 0.0544. The SMILES string of the molecule is CC1OCC(C)[N+](C)([O-])C1C. The Kier molecular flexibility index (Phi) is 2.23. The molecule has 0 N–H and O–H groups in total. The van der Waals surface area contributed by atoms with Gasteiger partial charge in [0.05, 0.1) is 13.7 Å². The summed E-state index contributed by atoms with van der Waals surface area (Å²) in [5.41, 5.74) is 0. The lowest BCUT2D eigenvalue weighted by atomic mass is 10.1. The van der Waals surface area contributed by atoms with E-state index in [4.69, 9.17) is 4.74 Å². The van der Waals surface area contributed by atoms with Crippen molar-refractivity contribution >= 4 is 0 Å². The molecule has 0 aromatic rings. The molecule has 3 heteroatoms. The number of hydroxylamine groups is 3. The van der Waals surface area contributed by atoms with Gasteiger partial charge in [0.25, 0.3) is 0 Å². The van der Waals surface area contributed by atoms with Crippen molar-refractivity contribution in [3.8, 4) is 0 Å². The third-order valence-electron chi connectivity index (χ3n) is 2.96. The number of quaternary nitrogens is 1. The van der Waals surface area contributed by atoms with Gasteiger partial charge >= 0.3 is 0 Å². The zero-order valence-corrected chi connectivity index (χ0v) is 7.70. The van der Waals surface area contributed by atoms with E-state index in [-0.39, 0.29) is 22.8 Å². The second-order valence-electron chi connectivity index (χ2n) is 3.69. The van der Waals surface area contributed by atoms with Crippen molar-refractivity contribution in [2.75, 3.05) is 13.7 Å². The molecule has 1 rings (SSSR count). The van der Waals surface area contributed by atoms with Crippen LogP contribution in [0.1, 0.15) is 20.8 Å². The standard InChI is InChI=1S/C8H17NO2/c1-6-5-11-8(3)7(2)9(6,4)10/h6-8H,5H2,1-4H3. The molecule has 4 atom stereocenters. The summed E-state index contributed by atoms with van der Waals surface area (Å²) < 4.78 is 5.26. The van der Waals surface area contributed by atoms with Gasteiger partial charge in [-0.05, 0) is 20.8 Å². The Balaban J connectivity index is 2.72. The third-order valence-corrected chi connectivity index (χ3v) is 2.96. The first-order valence-corrected chi connectivity index (χ1v) is 4.14. The Morgan fingerprint density at radius 1 is 1.36 bits per heavy atom. The van der Waals surface area contributed by atoms with E-state index >= 15 is 0 Å². The fourth-order valence-corrected chi connectivity index (χ4v) is 1.40. The van der Waals surface area contributed by atoms with Crippen LogP contribution < -0.4 is 0 Å². The minimum atomic E-state index is -0.166. The maximum absolute atomic E-state index is 11.9. The van der Waals surface area contributed by atoms with Gasteiger partial charge in [-0.2, -0.15) is 0 Å². The van der Waals surface area contributed by atoms with Gasteiger partial charge in [-0.1, -0.05) is 0 Å². The molecule has 0 bridgehead atoms. The van der Waals surface area contributed by atoms with Gasteiger partial charge in [0.15, 0.2) is 0 Å². The maximum atomic E-state index is 11.9. The van der Waals surface area contributed by atoms with E-state index in [0.29, 0.717) is 6.61 Å². The largest absolute Gasteiger partial charge is 0.632 e. The normalized spacial score (nSPS) is 52.6. The fourth-order valence-electron chi connectivity index (χ4n) is 1.40. The van der Waals surface area contributed by atoms with E-state index in [0.717, 1.165) is 0 Å². The summed E-state index contributed by atoms with van der Waals surface area (Å²) in [5.74, 6) is 0. The van der Waals surface area contributed by atoms with Crippen molar-refractivity contribution in [2.24, 2.45) is 0 Å². The van der Waals surface area contributed by atoms with Crippen LogP contribution in [0.15, 0.2) is 0 Å². The molecule has 0 amide bonds. The molecule has 1 heterocycles. The first-order valence-electron chi connectivity index (χ1n) is 4.14. The van der Waals surface area contributed by atoms with Crippen LogP contribution >= 0.6 is 0 Å². The van der Waals surface area contributed by atoms with Gasteiger partial charge in [0.2, 0.25) is 0 Å². The quantitative estimate of drug-likeness (QED) is 0.392. The number of hydrogen-bond donors (Lipinski definition) is 0. The molecular formula is C8H17NO2. The second-order valence-corrected chi connectivity index (χ2v) is 3.69. The smallest absolute Gasteiger partial charge is 0.112 e. The molecule has 1 fully saturated rings. The molecule has 1 saturated heterocycles. The van der Waals surface area contributed by atoms with Crippen molar-refractivity contribution in [1.82, 2.24) is 0 Å². The monoisotopic (exact) mass is 159 g/mol. The summed E-state index contributed by atoms with van der Waals surface area (Å²) in [6.07, 6.45) is 0.0914. The van der Waals surface area contributed by atoms with Crippen molar-refractivity contribution in [1.29, 1.82) is 0 Å². The molecule has 1 aliphatic rings. The van der Waals surface area contributed by atoms with Gasteiger partial charge in [-0.25, -0.2) is 0 Å². The van der Waals surface area contributed by atoms with Crippen LogP contribution in [-0.2, 0) is 4.74 Å². The number of morpholine rings is 1. The topological polar surface area (TPSA) is 32.3 Å². The Morgan fingerprint density at radius 3 is 2.36 bits per heavy atom. The van der Waals surface area contributed by atoms with Crippen LogP contribution in [-0.4, -0.2) is 36.5 Å². The highest BCUT2D eigenvalue weighted by Gasteiger charge is 2.36. The predicted octanol–water partition coefficient (Wildman–Crippen LogP) is 1.13. The Labute approximate surface area is 68.1 Å². The molecule has 4 unspecified atom stereocenters. The Morgan fingerprint density at radius 2 is 1.91 bits per heavy atom. The Hall–Kier alpha value is -0.120. The summed E-state index contributed by atoms with van der Waals surface area (Å²) in [5, 5.41) is 11.9. The highest BCUT2D eigenvalue weighted by Crippen LogP contribution is 2.23. The van der Waals surface area contributed by atoms with Crippen molar-refractivity contribution < 1.29 is 9.38 Å². The summed E-state index contributed by atoms with van der Waals surface area (Å²) in [6.45, 7) is 6.44. The molecule has 1 aliphatic heterocycles. The minimum Gasteiger partial charge on any atom is -0.632 e. The molecule has 0 radical (unpaired) electrons. The van der Waals surface area contributed by atoms with Crippen molar-refractivity contribution in [2.45, 2.75) is 39.0 Å². The lowest BCUT2D eigenvalue weighted by Crippen LogP contribution is -2.61. The van der Waals surface area contributed by atoms with Gasteiger partial charge in [0.1, 0.15) is 18.2 Å². The summed E-state index contributed by atoms with van der Waals surface area (Å²) >= 11 is 0. The highest BCUT2D eigenvalue weighted by molar-refractivity contribution is 4.71. The van der Waals surface area contributed by atoms with Crippen molar-refractivity contribution in [3.05, 3.63) is 5.21 Å². The maximum Gasteiger partial charge on any atom is 0.112 e. The van der Waals surface area contributed by atoms with Gasteiger partial charge in [-0.3, -0.25) is 0 Å². The van der Waals surface area contributed by atoms with Gasteiger partial charge in [0, 0.05) is 0 Å². The molecule has 0 saturated carbocycles. The summed E-state index contributed by atoms with van der Waals surface area (Å²) in [4.78, 5) is 0. The zero-order chi connectivity index (χ0) is 8.65. The fraction of sp³-hybridized carbons (Fsp3) is 1.00. The van der Waals surface area contributed by atoms with Crippen LogP contribution in [0.2, 0.25) is 0 Å². The van der Waals surface area contributed by atoms with Gasteiger partial charge in [-0.15, -0.1) is 0 Å². The average molecular weight is 159 g/mol. The van der Waals surface area contributed by atoms with Crippen molar-refractivity contribution in [3.63, 3.8) is 0 Å². The predicted molar refractivity (Wildman–Crippen MR) is 43.9 cm³/mol. The first-order chi connectivity index (χ1) is 4.96. The van der Waals surface area contributed by atoms with E-state index in [1.165, 1.54) is 0 Å².